The molecule has 3 heteroatoms. The van der Waals surface area contributed by atoms with E-state index in [0.29, 0.717) is 0 Å². The van der Waals surface area contributed by atoms with Gasteiger partial charge in [-0.2, -0.15) is 0 Å². The van der Waals surface area contributed by atoms with Crippen molar-refractivity contribution in [2.45, 2.75) is 0 Å². The number of nitrogen functional groups attached to an aromatic ring is 1. The summed E-state index contributed by atoms with van der Waals surface area (Å²) in [6, 6.07) is 15.9. The van der Waals surface area contributed by atoms with Crippen LogP contribution in [0.25, 0.3) is 10.8 Å². The molecule has 0 aliphatic carbocycles. The van der Waals surface area contributed by atoms with Gasteiger partial charge in [0.1, 0.15) is 0 Å². The summed E-state index contributed by atoms with van der Waals surface area (Å²) >= 11 is 0. The highest BCUT2D eigenvalue weighted by atomic mass is 14.9. The van der Waals surface area contributed by atoms with E-state index < -0.39 is 0 Å². The lowest BCUT2D eigenvalue weighted by molar-refractivity contribution is 0.918. The summed E-state index contributed by atoms with van der Waals surface area (Å²) in [5.74, 6) is 0. The van der Waals surface area contributed by atoms with E-state index in [1.165, 1.54) is 0 Å². The Kier molecular flexibility index (Phi) is 2.80. The van der Waals surface area contributed by atoms with Gasteiger partial charge in [0, 0.05) is 29.7 Å². The number of nitrogens with two attached hydrogens (primary N) is 1. The zero-order chi connectivity index (χ0) is 13.2. The molecule has 94 valence electrons. The number of hydrogen-bond donors (Lipinski definition) is 1. The number of benzene rings is 2. The van der Waals surface area contributed by atoms with E-state index in [-0.39, 0.29) is 0 Å². The molecule has 1 heterocycles. The van der Waals surface area contributed by atoms with E-state index in [9.17, 15) is 0 Å². The van der Waals surface area contributed by atoms with E-state index in [0.717, 1.165) is 27.8 Å². The molecule has 19 heavy (non-hydrogen) atoms. The quantitative estimate of drug-likeness (QED) is 0.548. The zero-order valence-electron chi connectivity index (χ0n) is 10.7. The number of hydrogen-bond acceptors (Lipinski definition) is 2. The lowest BCUT2D eigenvalue weighted by Crippen LogP contribution is -1.92. The van der Waals surface area contributed by atoms with E-state index in [1.54, 1.807) is 0 Å². The summed E-state index contributed by atoms with van der Waals surface area (Å²) in [5, 5.41) is 2.12. The first-order valence-electron chi connectivity index (χ1n) is 6.18. The van der Waals surface area contributed by atoms with Gasteiger partial charge in [-0.1, -0.05) is 24.3 Å². The molecule has 0 aliphatic rings. The molecular formula is C16H15N3. The van der Waals surface area contributed by atoms with Crippen LogP contribution in [0.4, 0.5) is 11.4 Å². The van der Waals surface area contributed by atoms with Crippen molar-refractivity contribution >= 4 is 28.4 Å². The first-order valence-corrected chi connectivity index (χ1v) is 6.18. The smallest absolute Gasteiger partial charge is 0.0710 e. The molecule has 0 saturated heterocycles. The molecule has 3 aromatic rings. The standard InChI is InChI=1S/C16H15N3/c1-19-10-4-5-12(19)11-18-16-9-8-15(17)13-6-2-3-7-14(13)16/h2-11H,17H2,1H3/b18-11+. The van der Waals surface area contributed by atoms with Crippen LogP contribution in [0.15, 0.2) is 59.7 Å². The molecule has 3 nitrogen and oxygen atoms in total. The van der Waals surface area contributed by atoms with Crippen molar-refractivity contribution in [2.75, 3.05) is 5.73 Å². The van der Waals surface area contributed by atoms with Crippen LogP contribution in [-0.4, -0.2) is 10.8 Å². The van der Waals surface area contributed by atoms with Gasteiger partial charge in [0.25, 0.3) is 0 Å². The van der Waals surface area contributed by atoms with Crippen LogP contribution in [-0.2, 0) is 7.05 Å². The van der Waals surface area contributed by atoms with Crippen LogP contribution in [0, 0.1) is 0 Å². The maximum atomic E-state index is 5.98. The van der Waals surface area contributed by atoms with Crippen LogP contribution < -0.4 is 5.73 Å². The Bertz CT molecular complexity index is 754. The van der Waals surface area contributed by atoms with Crippen molar-refractivity contribution in [3.8, 4) is 0 Å². The van der Waals surface area contributed by atoms with Crippen LogP contribution in [0.1, 0.15) is 5.69 Å². The SMILES string of the molecule is Cn1cccc1/C=N/c1ccc(N)c2ccccc12. The van der Waals surface area contributed by atoms with Gasteiger partial charge in [0.05, 0.1) is 17.6 Å². The molecule has 0 atom stereocenters. The molecule has 0 radical (unpaired) electrons. The lowest BCUT2D eigenvalue weighted by Gasteiger charge is -2.05. The molecule has 0 amide bonds. The summed E-state index contributed by atoms with van der Waals surface area (Å²) in [4.78, 5) is 4.58. The highest BCUT2D eigenvalue weighted by molar-refractivity contribution is 6.01. The number of anilines is 1. The molecule has 0 saturated carbocycles. The van der Waals surface area contributed by atoms with Gasteiger partial charge in [-0.3, -0.25) is 4.99 Å². The van der Waals surface area contributed by atoms with Crippen molar-refractivity contribution in [1.29, 1.82) is 0 Å². The Labute approximate surface area is 112 Å². The third kappa shape index (κ3) is 2.10. The van der Waals surface area contributed by atoms with Gasteiger partial charge in [0.2, 0.25) is 0 Å². The van der Waals surface area contributed by atoms with Crippen molar-refractivity contribution in [2.24, 2.45) is 12.0 Å². The van der Waals surface area contributed by atoms with E-state index >= 15 is 0 Å². The molecule has 1 aromatic heterocycles. The van der Waals surface area contributed by atoms with Crippen LogP contribution in [0.2, 0.25) is 0 Å². The van der Waals surface area contributed by atoms with Gasteiger partial charge in [-0.25, -0.2) is 0 Å². The monoisotopic (exact) mass is 249 g/mol. The summed E-state index contributed by atoms with van der Waals surface area (Å²) < 4.78 is 2.03. The molecular weight excluding hydrogens is 234 g/mol. The average molecular weight is 249 g/mol. The largest absolute Gasteiger partial charge is 0.398 e. The van der Waals surface area contributed by atoms with Gasteiger partial charge >= 0.3 is 0 Å². The number of aliphatic imine (C=N–C) groups is 1. The lowest BCUT2D eigenvalue weighted by atomic mass is 10.1. The third-order valence-corrected chi connectivity index (χ3v) is 3.25. The second-order valence-electron chi connectivity index (χ2n) is 4.52. The second-order valence-corrected chi connectivity index (χ2v) is 4.52. The molecule has 0 unspecified atom stereocenters. The number of nitrogens with zero attached hydrogens (tertiary/aromatic N) is 2. The third-order valence-electron chi connectivity index (χ3n) is 3.25. The number of aromatic nitrogens is 1. The van der Waals surface area contributed by atoms with Gasteiger partial charge < -0.3 is 10.3 Å². The Morgan fingerprint density at radius 2 is 1.79 bits per heavy atom. The molecule has 2 aromatic carbocycles. The van der Waals surface area contributed by atoms with Crippen molar-refractivity contribution in [3.05, 3.63) is 60.4 Å². The average Bonchev–Trinajstić information content (AvgIpc) is 2.84. The summed E-state index contributed by atoms with van der Waals surface area (Å²) in [6.07, 6.45) is 3.88. The van der Waals surface area contributed by atoms with E-state index in [1.807, 2.05) is 72.6 Å². The molecule has 0 bridgehead atoms. The molecule has 3 rings (SSSR count). The van der Waals surface area contributed by atoms with Crippen molar-refractivity contribution < 1.29 is 0 Å². The van der Waals surface area contributed by atoms with Crippen LogP contribution in [0.3, 0.4) is 0 Å². The minimum absolute atomic E-state index is 0.786. The Balaban J connectivity index is 2.09. The number of aryl methyl sites for hydroxylation is 1. The normalized spacial score (nSPS) is 11.4. The Hall–Kier alpha value is -2.55. The van der Waals surface area contributed by atoms with E-state index in [2.05, 4.69) is 4.99 Å². The van der Waals surface area contributed by atoms with Gasteiger partial charge in [0.15, 0.2) is 0 Å². The summed E-state index contributed by atoms with van der Waals surface area (Å²) in [6.45, 7) is 0. The van der Waals surface area contributed by atoms with Crippen LogP contribution in [0.5, 0.6) is 0 Å². The number of rotatable bonds is 2. The Morgan fingerprint density at radius 1 is 1.00 bits per heavy atom. The highest BCUT2D eigenvalue weighted by Gasteiger charge is 2.02. The topological polar surface area (TPSA) is 43.3 Å². The molecule has 0 fully saturated rings. The highest BCUT2D eigenvalue weighted by Crippen LogP contribution is 2.29. The molecule has 2 N–H and O–H groups in total. The summed E-state index contributed by atoms with van der Waals surface area (Å²) in [7, 11) is 2.00. The predicted octanol–water partition coefficient (Wildman–Crippen LogP) is 3.51. The van der Waals surface area contributed by atoms with Crippen molar-refractivity contribution in [1.82, 2.24) is 4.57 Å². The minimum atomic E-state index is 0.786. The van der Waals surface area contributed by atoms with Gasteiger partial charge in [-0.15, -0.1) is 0 Å². The predicted molar refractivity (Wildman–Crippen MR) is 81.0 cm³/mol. The summed E-state index contributed by atoms with van der Waals surface area (Å²) in [5.41, 5.74) is 8.78. The number of fused-ring (bicyclic) bond motifs is 1. The Morgan fingerprint density at radius 3 is 2.53 bits per heavy atom. The fourth-order valence-electron chi connectivity index (χ4n) is 2.16. The fourth-order valence-corrected chi connectivity index (χ4v) is 2.16. The maximum absolute atomic E-state index is 5.98. The first kappa shape index (κ1) is 11.5. The molecule has 0 aliphatic heterocycles. The second kappa shape index (κ2) is 4.61. The van der Waals surface area contributed by atoms with E-state index in [4.69, 9.17) is 5.73 Å². The zero-order valence-corrected chi connectivity index (χ0v) is 10.7. The minimum Gasteiger partial charge on any atom is -0.398 e. The maximum Gasteiger partial charge on any atom is 0.0710 e. The first-order chi connectivity index (χ1) is 9.25. The van der Waals surface area contributed by atoms with Gasteiger partial charge in [-0.05, 0) is 24.3 Å². The van der Waals surface area contributed by atoms with Crippen LogP contribution >= 0.6 is 0 Å². The fraction of sp³-hybridized carbons (Fsp3) is 0.0625. The van der Waals surface area contributed by atoms with Crippen molar-refractivity contribution in [3.63, 3.8) is 0 Å². The molecule has 0 spiro atoms.